The zero-order valence-corrected chi connectivity index (χ0v) is 37.0. The van der Waals surface area contributed by atoms with Gasteiger partial charge in [0.05, 0.1) is 69.0 Å². The molecule has 4 unspecified atom stereocenters. The highest BCUT2D eigenvalue weighted by Gasteiger charge is 2.50. The van der Waals surface area contributed by atoms with E-state index in [-0.39, 0.29) is 83.1 Å². The molecule has 0 aromatic carbocycles. The molecule has 0 aromatic heterocycles. The monoisotopic (exact) mass is 766 g/mol. The Morgan fingerprint density at radius 2 is 1.54 bits per heavy atom. The molecule has 3 saturated heterocycles. The first-order valence-electron chi connectivity index (χ1n) is 19.7. The van der Waals surface area contributed by atoms with Gasteiger partial charge in [0.25, 0.3) is 0 Å². The molecular weight excluding hydrogens is 693 g/mol. The van der Waals surface area contributed by atoms with E-state index in [2.05, 4.69) is 87.8 Å². The third-order valence-corrected chi connectivity index (χ3v) is 21.9. The van der Waals surface area contributed by atoms with E-state index in [1.807, 2.05) is 0 Å². The number of hydrogen-bond donors (Lipinski definition) is 0. The molecule has 0 N–H and O–H groups in total. The summed E-state index contributed by atoms with van der Waals surface area (Å²) in [6.45, 7) is 34.1. The zero-order valence-electron chi connectivity index (χ0n) is 35.0. The van der Waals surface area contributed by atoms with E-state index < -0.39 is 16.6 Å². The first-order chi connectivity index (χ1) is 24.0. The molecule has 3 fully saturated rings. The van der Waals surface area contributed by atoms with Gasteiger partial charge >= 0.3 is 5.97 Å². The second-order valence-electron chi connectivity index (χ2n) is 18.8. The van der Waals surface area contributed by atoms with Crippen LogP contribution in [0, 0.1) is 11.8 Å². The van der Waals surface area contributed by atoms with Crippen LogP contribution in [0.25, 0.3) is 0 Å². The third-order valence-electron chi connectivity index (χ3n) is 12.8. The van der Waals surface area contributed by atoms with Gasteiger partial charge in [-0.15, -0.1) is 0 Å². The van der Waals surface area contributed by atoms with Gasteiger partial charge in [0.2, 0.25) is 0 Å². The van der Waals surface area contributed by atoms with Gasteiger partial charge in [0.1, 0.15) is 6.29 Å². The Morgan fingerprint density at radius 1 is 0.904 bits per heavy atom. The van der Waals surface area contributed by atoms with Crippen LogP contribution in [0.1, 0.15) is 106 Å². The van der Waals surface area contributed by atoms with Crippen molar-refractivity contribution in [2.75, 3.05) is 20.8 Å². The number of carbonyl (C=O) groups excluding carboxylic acids is 2. The van der Waals surface area contributed by atoms with Crippen LogP contribution in [0.15, 0.2) is 24.3 Å². The van der Waals surface area contributed by atoms with E-state index in [4.69, 9.17) is 32.5 Å². The zero-order chi connectivity index (χ0) is 39.2. The van der Waals surface area contributed by atoms with Crippen molar-refractivity contribution in [3.63, 3.8) is 0 Å². The number of ether oxygens (including phenoxy) is 5. The van der Waals surface area contributed by atoms with Crippen LogP contribution in [0.4, 0.5) is 0 Å². The molecule has 0 amide bonds. The molecule has 300 valence electrons. The molecule has 11 heteroatoms. The molecule has 3 aliphatic rings. The summed E-state index contributed by atoms with van der Waals surface area (Å²) < 4.78 is 45.2. The van der Waals surface area contributed by atoms with Gasteiger partial charge < -0.3 is 37.3 Å². The number of hydrogen-bond acceptors (Lipinski definition) is 9. The summed E-state index contributed by atoms with van der Waals surface area (Å²) in [5, 5.41) is 0.0929. The first kappa shape index (κ1) is 45.2. The molecule has 3 heterocycles. The highest BCUT2D eigenvalue weighted by Crippen LogP contribution is 2.44. The van der Waals surface area contributed by atoms with Crippen molar-refractivity contribution < 1.29 is 42.1 Å². The molecular formula is C41H74O9Si2. The van der Waals surface area contributed by atoms with Crippen LogP contribution >= 0.6 is 0 Å². The maximum atomic E-state index is 12.8. The molecule has 9 nitrogen and oxygen atoms in total. The van der Waals surface area contributed by atoms with E-state index >= 15 is 0 Å². The van der Waals surface area contributed by atoms with Gasteiger partial charge in [-0.3, -0.25) is 4.79 Å². The lowest BCUT2D eigenvalue weighted by Gasteiger charge is -2.42. The molecule has 0 saturated carbocycles. The summed E-state index contributed by atoms with van der Waals surface area (Å²) in [6, 6.07) is 0. The minimum atomic E-state index is -2.17. The van der Waals surface area contributed by atoms with Crippen LogP contribution in [-0.2, 0) is 42.1 Å². The van der Waals surface area contributed by atoms with Crippen molar-refractivity contribution in [3.8, 4) is 0 Å². The summed E-state index contributed by atoms with van der Waals surface area (Å²) in [5.41, 5.74) is 2.17. The fraction of sp³-hybridized carbons (Fsp3) is 0.854. The molecule has 0 aliphatic carbocycles. The summed E-state index contributed by atoms with van der Waals surface area (Å²) in [7, 11) is -1.08. The average Bonchev–Trinajstić information content (AvgIpc) is 3.56. The maximum absolute atomic E-state index is 12.8. The van der Waals surface area contributed by atoms with Crippen molar-refractivity contribution in [1.29, 1.82) is 0 Å². The highest BCUT2D eigenvalue weighted by atomic mass is 28.4. The second-order valence-corrected chi connectivity index (χ2v) is 28.4. The number of carbonyl (C=O) groups is 2. The van der Waals surface area contributed by atoms with Crippen LogP contribution in [0.2, 0.25) is 36.3 Å². The maximum Gasteiger partial charge on any atom is 0.305 e. The van der Waals surface area contributed by atoms with Crippen LogP contribution in [0.3, 0.4) is 0 Å². The van der Waals surface area contributed by atoms with Gasteiger partial charge in [-0.25, -0.2) is 0 Å². The predicted octanol–water partition coefficient (Wildman–Crippen LogP) is 8.96. The molecule has 0 bridgehead atoms. The fourth-order valence-corrected chi connectivity index (χ4v) is 9.74. The highest BCUT2D eigenvalue weighted by molar-refractivity contribution is 6.74. The Labute approximate surface area is 318 Å². The molecule has 0 aromatic rings. The molecule has 3 rings (SSSR count). The van der Waals surface area contributed by atoms with Gasteiger partial charge in [-0.1, -0.05) is 61.6 Å². The van der Waals surface area contributed by atoms with Gasteiger partial charge in [0.15, 0.2) is 16.6 Å². The second kappa shape index (κ2) is 18.6. The molecule has 0 radical (unpaired) electrons. The van der Waals surface area contributed by atoms with E-state index in [9.17, 15) is 9.59 Å². The number of methoxy groups -OCH3 is 2. The third kappa shape index (κ3) is 11.9. The molecule has 3 aliphatic heterocycles. The summed E-state index contributed by atoms with van der Waals surface area (Å²) in [4.78, 5) is 23.7. The SMILES string of the molecule is C=C1CC(CCC=O)O[C@H]1CCC1CC(C)C(=C)[C@@H](C[C@@H]2O[C@H](C[C@@H](CO[Si](C)(C)C(C)(C)C)O[Si](C)(C)C(C)(C)C)[C@H](OC)C2CC(=O)OC)O1. The standard InChI is InChI=1S/C41H74O9Si2/c1-27-21-31(18-19-34-28(2)22-30(47-34)17-16-20-42)48-35(29(27)3)25-36-33(24-38(43)44-10)39(45-11)37(49-36)23-32(50-52(14,15)41(7,8)9)26-46-51(12,13)40(4,5)6/h20,27,30-37,39H,2-3,16-19,21-26H2,1,4-15H3/t27?,30?,31?,32-,33?,34-,35+,36-,37+,39+/m0/s1. The summed E-state index contributed by atoms with van der Waals surface area (Å²) in [6.07, 6.45) is 5.72. The Kier molecular flexibility index (Phi) is 16.2. The Balaban J connectivity index is 1.80. The summed E-state index contributed by atoms with van der Waals surface area (Å²) in [5.74, 6) is -0.224. The fourth-order valence-electron chi connectivity index (χ4n) is 7.36. The van der Waals surface area contributed by atoms with E-state index in [1.165, 1.54) is 7.11 Å². The van der Waals surface area contributed by atoms with E-state index in [0.717, 1.165) is 49.5 Å². The lowest BCUT2D eigenvalue weighted by Crippen LogP contribution is -2.49. The Bertz CT molecular complexity index is 1210. The van der Waals surface area contributed by atoms with Gasteiger partial charge in [-0.2, -0.15) is 0 Å². The van der Waals surface area contributed by atoms with Crippen molar-refractivity contribution in [1.82, 2.24) is 0 Å². The van der Waals surface area contributed by atoms with Crippen molar-refractivity contribution in [2.45, 2.75) is 191 Å². The van der Waals surface area contributed by atoms with E-state index in [0.29, 0.717) is 25.9 Å². The Morgan fingerprint density at radius 3 is 2.12 bits per heavy atom. The van der Waals surface area contributed by atoms with E-state index in [1.54, 1.807) is 7.11 Å². The normalized spacial score (nSPS) is 31.2. The van der Waals surface area contributed by atoms with Crippen LogP contribution < -0.4 is 0 Å². The van der Waals surface area contributed by atoms with Crippen molar-refractivity contribution >= 4 is 28.9 Å². The molecule has 52 heavy (non-hydrogen) atoms. The summed E-state index contributed by atoms with van der Waals surface area (Å²) >= 11 is 0. The smallest absolute Gasteiger partial charge is 0.305 e. The predicted molar refractivity (Wildman–Crippen MR) is 213 cm³/mol. The van der Waals surface area contributed by atoms with Crippen LogP contribution in [-0.4, -0.2) is 98.5 Å². The minimum absolute atomic E-state index is 0.00735. The first-order valence-corrected chi connectivity index (χ1v) is 25.5. The largest absolute Gasteiger partial charge is 0.469 e. The lowest BCUT2D eigenvalue weighted by atomic mass is 9.82. The van der Waals surface area contributed by atoms with Crippen LogP contribution in [0.5, 0.6) is 0 Å². The topological polar surface area (TPSA) is 98.8 Å². The molecule has 0 spiro atoms. The van der Waals surface area contributed by atoms with Crippen molar-refractivity contribution in [2.24, 2.45) is 11.8 Å². The number of rotatable bonds is 18. The minimum Gasteiger partial charge on any atom is -0.469 e. The quantitative estimate of drug-likeness (QED) is 0.0586. The number of aldehydes is 1. The Hall–Kier alpha value is -1.19. The van der Waals surface area contributed by atoms with Gasteiger partial charge in [0, 0.05) is 32.3 Å². The van der Waals surface area contributed by atoms with Gasteiger partial charge in [-0.05, 0) is 85.4 Å². The number of esters is 1. The molecule has 10 atom stereocenters. The average molecular weight is 767 g/mol. The lowest BCUT2D eigenvalue weighted by molar-refractivity contribution is -0.143. The van der Waals surface area contributed by atoms with Crippen molar-refractivity contribution in [3.05, 3.63) is 24.3 Å².